The fourth-order valence-electron chi connectivity index (χ4n) is 2.74. The lowest BCUT2D eigenvalue weighted by Crippen LogP contribution is -2.49. The quantitative estimate of drug-likeness (QED) is 0.851. The van der Waals surface area contributed by atoms with E-state index < -0.39 is 0 Å². The topological polar surface area (TPSA) is 55.6 Å². The van der Waals surface area contributed by atoms with Gasteiger partial charge in [-0.2, -0.15) is 0 Å². The molecule has 1 aromatic carbocycles. The number of carbonyl (C=O) groups excluding carboxylic acids is 1. The maximum Gasteiger partial charge on any atom is 0.260 e. The van der Waals surface area contributed by atoms with Crippen molar-refractivity contribution in [2.75, 3.05) is 12.3 Å². The van der Waals surface area contributed by atoms with Crippen molar-refractivity contribution in [2.24, 2.45) is 0 Å². The number of nitrogen functional groups attached to an aromatic ring is 1. The molecule has 0 aromatic heterocycles. The summed E-state index contributed by atoms with van der Waals surface area (Å²) >= 11 is 0. The SMILES string of the molecule is CC1CCCC(C)N1C(=O)COc1ccccc1N. The van der Waals surface area contributed by atoms with Crippen LogP contribution in [0.15, 0.2) is 24.3 Å². The van der Waals surface area contributed by atoms with Crippen LogP contribution in [-0.4, -0.2) is 29.5 Å². The number of piperidine rings is 1. The van der Waals surface area contributed by atoms with Crippen molar-refractivity contribution in [3.05, 3.63) is 24.3 Å². The third-order valence-electron chi connectivity index (χ3n) is 3.75. The maximum atomic E-state index is 12.3. The Labute approximate surface area is 114 Å². The molecule has 2 atom stereocenters. The van der Waals surface area contributed by atoms with Crippen molar-refractivity contribution >= 4 is 11.6 Å². The number of anilines is 1. The summed E-state index contributed by atoms with van der Waals surface area (Å²) in [5.74, 6) is 0.621. The Morgan fingerprint density at radius 3 is 2.58 bits per heavy atom. The number of likely N-dealkylation sites (tertiary alicyclic amines) is 1. The molecule has 1 fully saturated rings. The molecule has 1 aromatic rings. The van der Waals surface area contributed by atoms with E-state index in [9.17, 15) is 4.79 Å². The Kier molecular flexibility index (Phi) is 4.30. The van der Waals surface area contributed by atoms with Crippen LogP contribution in [0.3, 0.4) is 0 Å². The van der Waals surface area contributed by atoms with Crippen LogP contribution < -0.4 is 10.5 Å². The second kappa shape index (κ2) is 5.95. The van der Waals surface area contributed by atoms with Crippen LogP contribution in [-0.2, 0) is 4.79 Å². The van der Waals surface area contributed by atoms with Crippen molar-refractivity contribution < 1.29 is 9.53 Å². The predicted octanol–water partition coefficient (Wildman–Crippen LogP) is 2.44. The number of carbonyl (C=O) groups is 1. The summed E-state index contributed by atoms with van der Waals surface area (Å²) in [7, 11) is 0. The fourth-order valence-corrected chi connectivity index (χ4v) is 2.74. The zero-order valence-electron chi connectivity index (χ0n) is 11.6. The largest absolute Gasteiger partial charge is 0.482 e. The molecular formula is C15H22N2O2. The first-order chi connectivity index (χ1) is 9.09. The molecule has 4 nitrogen and oxygen atoms in total. The molecule has 4 heteroatoms. The summed E-state index contributed by atoms with van der Waals surface area (Å²) in [6.45, 7) is 4.26. The molecule has 2 N–H and O–H groups in total. The van der Waals surface area contributed by atoms with E-state index in [0.29, 0.717) is 23.5 Å². The Bertz CT molecular complexity index is 438. The number of benzene rings is 1. The fraction of sp³-hybridized carbons (Fsp3) is 0.533. The van der Waals surface area contributed by atoms with Crippen LogP contribution in [0.25, 0.3) is 0 Å². The van der Waals surface area contributed by atoms with E-state index >= 15 is 0 Å². The third-order valence-corrected chi connectivity index (χ3v) is 3.75. The summed E-state index contributed by atoms with van der Waals surface area (Å²) in [4.78, 5) is 14.2. The van der Waals surface area contributed by atoms with Gasteiger partial charge in [-0.15, -0.1) is 0 Å². The average molecular weight is 262 g/mol. The van der Waals surface area contributed by atoms with Gasteiger partial charge in [0.1, 0.15) is 5.75 Å². The zero-order chi connectivity index (χ0) is 13.8. The van der Waals surface area contributed by atoms with Crippen molar-refractivity contribution in [3.63, 3.8) is 0 Å². The first-order valence-corrected chi connectivity index (χ1v) is 6.88. The summed E-state index contributed by atoms with van der Waals surface area (Å²) in [5, 5.41) is 0. The minimum absolute atomic E-state index is 0.0444. The Morgan fingerprint density at radius 1 is 1.32 bits per heavy atom. The van der Waals surface area contributed by atoms with Crippen molar-refractivity contribution in [1.82, 2.24) is 4.90 Å². The van der Waals surface area contributed by atoms with Crippen molar-refractivity contribution in [1.29, 1.82) is 0 Å². The second-order valence-electron chi connectivity index (χ2n) is 5.26. The molecule has 2 rings (SSSR count). The highest BCUT2D eigenvalue weighted by molar-refractivity contribution is 5.78. The van der Waals surface area contributed by atoms with Gasteiger partial charge >= 0.3 is 0 Å². The minimum atomic E-state index is 0.0444. The van der Waals surface area contributed by atoms with E-state index in [1.165, 1.54) is 6.42 Å². The van der Waals surface area contributed by atoms with Gasteiger partial charge in [-0.05, 0) is 45.2 Å². The molecule has 1 heterocycles. The van der Waals surface area contributed by atoms with Crippen molar-refractivity contribution in [2.45, 2.75) is 45.2 Å². The van der Waals surface area contributed by atoms with E-state index in [0.717, 1.165) is 12.8 Å². The molecule has 0 saturated carbocycles. The molecule has 19 heavy (non-hydrogen) atoms. The summed E-state index contributed by atoms with van der Waals surface area (Å²) in [6, 6.07) is 7.85. The number of para-hydroxylation sites is 2. The average Bonchev–Trinajstić information content (AvgIpc) is 2.37. The summed E-state index contributed by atoms with van der Waals surface area (Å²) in [6.07, 6.45) is 3.34. The molecule has 2 unspecified atom stereocenters. The Hall–Kier alpha value is -1.71. The van der Waals surface area contributed by atoms with Gasteiger partial charge in [-0.25, -0.2) is 0 Å². The normalized spacial score (nSPS) is 23.2. The summed E-state index contributed by atoms with van der Waals surface area (Å²) in [5.41, 5.74) is 6.35. The number of hydrogen-bond acceptors (Lipinski definition) is 3. The molecule has 0 radical (unpaired) electrons. The Morgan fingerprint density at radius 2 is 1.95 bits per heavy atom. The van der Waals surface area contributed by atoms with Crippen LogP contribution in [0.1, 0.15) is 33.1 Å². The van der Waals surface area contributed by atoms with E-state index in [-0.39, 0.29) is 12.5 Å². The van der Waals surface area contributed by atoms with Crippen LogP contribution in [0, 0.1) is 0 Å². The van der Waals surface area contributed by atoms with E-state index in [1.54, 1.807) is 12.1 Å². The van der Waals surface area contributed by atoms with Crippen LogP contribution in [0.5, 0.6) is 5.75 Å². The molecule has 0 aliphatic carbocycles. The number of ether oxygens (including phenoxy) is 1. The molecule has 104 valence electrons. The van der Waals surface area contributed by atoms with Crippen LogP contribution >= 0.6 is 0 Å². The standard InChI is InChI=1S/C15H22N2O2/c1-11-6-5-7-12(2)17(11)15(18)10-19-14-9-4-3-8-13(14)16/h3-4,8-9,11-12H,5-7,10,16H2,1-2H3. The van der Waals surface area contributed by atoms with E-state index in [1.807, 2.05) is 17.0 Å². The Balaban J connectivity index is 1.95. The highest BCUT2D eigenvalue weighted by Crippen LogP contribution is 2.24. The molecule has 0 spiro atoms. The molecular weight excluding hydrogens is 240 g/mol. The third kappa shape index (κ3) is 3.19. The highest BCUT2D eigenvalue weighted by Gasteiger charge is 2.28. The maximum absolute atomic E-state index is 12.3. The van der Waals surface area contributed by atoms with Gasteiger partial charge in [-0.3, -0.25) is 4.79 Å². The monoisotopic (exact) mass is 262 g/mol. The number of hydrogen-bond donors (Lipinski definition) is 1. The molecule has 1 saturated heterocycles. The van der Waals surface area contributed by atoms with Gasteiger partial charge in [0, 0.05) is 12.1 Å². The molecule has 1 aliphatic heterocycles. The lowest BCUT2D eigenvalue weighted by Gasteiger charge is -2.39. The molecule has 0 bridgehead atoms. The lowest BCUT2D eigenvalue weighted by molar-refractivity contribution is -0.139. The van der Waals surface area contributed by atoms with Crippen LogP contribution in [0.2, 0.25) is 0 Å². The van der Waals surface area contributed by atoms with Gasteiger partial charge in [0.15, 0.2) is 6.61 Å². The molecule has 1 amide bonds. The number of nitrogens with two attached hydrogens (primary N) is 1. The van der Waals surface area contributed by atoms with Gasteiger partial charge in [0.05, 0.1) is 5.69 Å². The zero-order valence-corrected chi connectivity index (χ0v) is 11.6. The van der Waals surface area contributed by atoms with Gasteiger partial charge in [-0.1, -0.05) is 12.1 Å². The number of rotatable bonds is 3. The molecule has 1 aliphatic rings. The van der Waals surface area contributed by atoms with E-state index in [2.05, 4.69) is 13.8 Å². The predicted molar refractivity (Wildman–Crippen MR) is 76.0 cm³/mol. The summed E-state index contributed by atoms with van der Waals surface area (Å²) < 4.78 is 5.53. The number of amides is 1. The van der Waals surface area contributed by atoms with Crippen molar-refractivity contribution in [3.8, 4) is 5.75 Å². The smallest absolute Gasteiger partial charge is 0.260 e. The lowest BCUT2D eigenvalue weighted by atomic mass is 9.97. The minimum Gasteiger partial charge on any atom is -0.482 e. The second-order valence-corrected chi connectivity index (χ2v) is 5.26. The van der Waals surface area contributed by atoms with Crippen LogP contribution in [0.4, 0.5) is 5.69 Å². The number of nitrogens with zero attached hydrogens (tertiary/aromatic N) is 1. The van der Waals surface area contributed by atoms with Gasteiger partial charge in [0.2, 0.25) is 0 Å². The van der Waals surface area contributed by atoms with E-state index in [4.69, 9.17) is 10.5 Å². The van der Waals surface area contributed by atoms with Gasteiger partial charge < -0.3 is 15.4 Å². The van der Waals surface area contributed by atoms with Gasteiger partial charge in [0.25, 0.3) is 5.91 Å². The first-order valence-electron chi connectivity index (χ1n) is 6.88. The first kappa shape index (κ1) is 13.7. The highest BCUT2D eigenvalue weighted by atomic mass is 16.5.